The molecular formula is C10H17N3S3. The highest BCUT2D eigenvalue weighted by molar-refractivity contribution is 8.06. The van der Waals surface area contributed by atoms with Crippen LogP contribution in [0.1, 0.15) is 31.3 Å². The second-order valence-corrected chi connectivity index (χ2v) is 6.95. The molecule has 1 saturated heterocycles. The molecule has 6 heteroatoms. The van der Waals surface area contributed by atoms with E-state index in [-0.39, 0.29) is 0 Å². The zero-order valence-electron chi connectivity index (χ0n) is 9.60. The number of hydrogen-bond donors (Lipinski definition) is 1. The molecule has 1 aromatic rings. The smallest absolute Gasteiger partial charge is 0.202 e. The summed E-state index contributed by atoms with van der Waals surface area (Å²) >= 11 is 5.57. The van der Waals surface area contributed by atoms with Gasteiger partial charge in [-0.3, -0.25) is 0 Å². The van der Waals surface area contributed by atoms with Gasteiger partial charge < -0.3 is 5.32 Å². The van der Waals surface area contributed by atoms with Crippen molar-refractivity contribution in [3.63, 3.8) is 0 Å². The normalized spacial score (nSPS) is 25.6. The van der Waals surface area contributed by atoms with Crippen LogP contribution in [0.25, 0.3) is 0 Å². The molecule has 0 radical (unpaired) electrons. The lowest BCUT2D eigenvalue weighted by Crippen LogP contribution is -2.19. The second kappa shape index (κ2) is 6.12. The van der Waals surface area contributed by atoms with Gasteiger partial charge in [0.1, 0.15) is 0 Å². The van der Waals surface area contributed by atoms with Gasteiger partial charge in [0.15, 0.2) is 5.82 Å². The van der Waals surface area contributed by atoms with E-state index in [2.05, 4.69) is 40.3 Å². The summed E-state index contributed by atoms with van der Waals surface area (Å²) in [6, 6.07) is 0. The molecule has 1 aliphatic rings. The number of rotatable bonds is 4. The Bertz CT molecular complexity index is 329. The maximum atomic E-state index is 4.58. The largest absolute Gasteiger partial charge is 0.361 e. The van der Waals surface area contributed by atoms with E-state index in [9.17, 15) is 0 Å². The van der Waals surface area contributed by atoms with Crippen molar-refractivity contribution in [3.8, 4) is 0 Å². The Kier molecular flexibility index (Phi) is 4.79. The molecule has 16 heavy (non-hydrogen) atoms. The van der Waals surface area contributed by atoms with Crippen LogP contribution in [0.2, 0.25) is 0 Å². The van der Waals surface area contributed by atoms with Crippen LogP contribution in [0.15, 0.2) is 0 Å². The molecule has 0 amide bonds. The number of aromatic nitrogens is 2. The third-order valence-electron chi connectivity index (χ3n) is 2.48. The maximum absolute atomic E-state index is 4.58. The zero-order chi connectivity index (χ0) is 11.4. The van der Waals surface area contributed by atoms with Crippen LogP contribution in [-0.2, 0) is 0 Å². The lowest BCUT2D eigenvalue weighted by Gasteiger charge is -2.27. The minimum atomic E-state index is 0.493. The minimum Gasteiger partial charge on any atom is -0.361 e. The van der Waals surface area contributed by atoms with Crippen molar-refractivity contribution in [2.45, 2.75) is 30.8 Å². The van der Waals surface area contributed by atoms with Gasteiger partial charge in [-0.05, 0) is 13.3 Å². The van der Waals surface area contributed by atoms with Crippen LogP contribution in [0, 0.1) is 0 Å². The molecule has 1 aliphatic heterocycles. The first-order chi connectivity index (χ1) is 7.85. The highest BCUT2D eigenvalue weighted by Gasteiger charge is 2.29. The first kappa shape index (κ1) is 12.5. The molecule has 0 spiro atoms. The van der Waals surface area contributed by atoms with E-state index in [1.165, 1.54) is 29.5 Å². The quantitative estimate of drug-likeness (QED) is 0.913. The summed E-state index contributed by atoms with van der Waals surface area (Å²) < 4.78 is 4.49. The Morgan fingerprint density at radius 3 is 2.88 bits per heavy atom. The summed E-state index contributed by atoms with van der Waals surface area (Å²) in [6.45, 7) is 5.26. The van der Waals surface area contributed by atoms with E-state index >= 15 is 0 Å². The van der Waals surface area contributed by atoms with Crippen molar-refractivity contribution in [3.05, 3.63) is 5.82 Å². The summed E-state index contributed by atoms with van der Waals surface area (Å²) in [5.41, 5.74) is 0. The van der Waals surface area contributed by atoms with Gasteiger partial charge in [-0.2, -0.15) is 16.1 Å². The van der Waals surface area contributed by atoms with E-state index in [1.807, 2.05) is 11.8 Å². The number of thioether (sulfide) groups is 2. The highest BCUT2D eigenvalue weighted by Crippen LogP contribution is 2.43. The lowest BCUT2D eigenvalue weighted by atomic mass is 10.2. The first-order valence-corrected chi connectivity index (χ1v) is 8.53. The Hall–Kier alpha value is 0.0600. The van der Waals surface area contributed by atoms with Gasteiger partial charge in [-0.15, -0.1) is 11.8 Å². The van der Waals surface area contributed by atoms with Crippen molar-refractivity contribution in [2.75, 3.05) is 23.4 Å². The van der Waals surface area contributed by atoms with Crippen LogP contribution in [0.5, 0.6) is 0 Å². The average molecular weight is 275 g/mol. The molecule has 2 unspecified atom stereocenters. The predicted octanol–water partition coefficient (Wildman–Crippen LogP) is 3.27. The first-order valence-electron chi connectivity index (χ1n) is 5.65. The van der Waals surface area contributed by atoms with Crippen molar-refractivity contribution >= 4 is 40.2 Å². The number of anilines is 1. The summed E-state index contributed by atoms with van der Waals surface area (Å²) in [5.74, 6) is 3.52. The highest BCUT2D eigenvalue weighted by atomic mass is 32.2. The molecule has 2 heterocycles. The Morgan fingerprint density at radius 2 is 2.12 bits per heavy atom. The fourth-order valence-electron chi connectivity index (χ4n) is 1.72. The second-order valence-electron chi connectivity index (χ2n) is 3.60. The van der Waals surface area contributed by atoms with E-state index in [0.717, 1.165) is 17.5 Å². The fraction of sp³-hybridized carbons (Fsp3) is 0.800. The van der Waals surface area contributed by atoms with Crippen LogP contribution in [0.4, 0.5) is 5.13 Å². The average Bonchev–Trinajstić information content (AvgIpc) is 2.78. The fourth-order valence-corrected chi connectivity index (χ4v) is 5.45. The maximum Gasteiger partial charge on any atom is 0.202 e. The zero-order valence-corrected chi connectivity index (χ0v) is 12.1. The van der Waals surface area contributed by atoms with E-state index in [0.29, 0.717) is 10.5 Å². The number of nitrogens with zero attached hydrogens (tertiary/aromatic N) is 2. The molecular weight excluding hydrogens is 258 g/mol. The Morgan fingerprint density at radius 1 is 1.31 bits per heavy atom. The number of nitrogens with one attached hydrogen (secondary N) is 1. The van der Waals surface area contributed by atoms with Crippen LogP contribution in [0.3, 0.4) is 0 Å². The van der Waals surface area contributed by atoms with Crippen LogP contribution >= 0.6 is 35.1 Å². The Balaban J connectivity index is 2.08. The van der Waals surface area contributed by atoms with E-state index in [4.69, 9.17) is 0 Å². The lowest BCUT2D eigenvalue weighted by molar-refractivity contribution is 0.763. The third kappa shape index (κ3) is 2.84. The topological polar surface area (TPSA) is 37.8 Å². The number of hydrogen-bond acceptors (Lipinski definition) is 6. The van der Waals surface area contributed by atoms with Crippen LogP contribution < -0.4 is 5.32 Å². The van der Waals surface area contributed by atoms with Gasteiger partial charge in [-0.25, -0.2) is 4.98 Å². The molecule has 0 saturated carbocycles. The minimum absolute atomic E-state index is 0.493. The molecule has 1 fully saturated rings. The van der Waals surface area contributed by atoms with Crippen molar-refractivity contribution in [2.24, 2.45) is 0 Å². The summed E-state index contributed by atoms with van der Waals surface area (Å²) in [7, 11) is 0. The monoisotopic (exact) mass is 275 g/mol. The van der Waals surface area contributed by atoms with Crippen LogP contribution in [-0.4, -0.2) is 32.7 Å². The molecule has 2 atom stereocenters. The van der Waals surface area contributed by atoms with Gasteiger partial charge in [0, 0.05) is 34.8 Å². The molecule has 0 aliphatic carbocycles. The molecule has 1 N–H and O–H groups in total. The SMILES string of the molecule is CCNc1nc(C2SCCSC2CC)ns1. The van der Waals surface area contributed by atoms with Crippen molar-refractivity contribution in [1.82, 2.24) is 9.36 Å². The van der Waals surface area contributed by atoms with Gasteiger partial charge in [0.05, 0.1) is 5.25 Å². The molecule has 2 rings (SSSR count). The van der Waals surface area contributed by atoms with Gasteiger partial charge >= 0.3 is 0 Å². The predicted molar refractivity (Wildman–Crippen MR) is 75.8 cm³/mol. The molecule has 0 bridgehead atoms. The standard InChI is InChI=1S/C10H17N3S3/c1-3-7-8(15-6-5-14-7)9-12-10(11-4-2)16-13-9/h7-8H,3-6H2,1-2H3,(H,11,12,13). The van der Waals surface area contributed by atoms with E-state index in [1.54, 1.807) is 0 Å². The van der Waals surface area contributed by atoms with E-state index < -0.39 is 0 Å². The summed E-state index contributed by atoms with van der Waals surface area (Å²) in [4.78, 5) is 4.58. The molecule has 3 nitrogen and oxygen atoms in total. The van der Waals surface area contributed by atoms with Gasteiger partial charge in [-0.1, -0.05) is 6.92 Å². The molecule has 1 aromatic heterocycles. The summed E-state index contributed by atoms with van der Waals surface area (Å²) in [6.07, 6.45) is 1.21. The van der Waals surface area contributed by atoms with Crippen molar-refractivity contribution in [1.29, 1.82) is 0 Å². The Labute approximate surface area is 109 Å². The molecule has 0 aromatic carbocycles. The molecule has 90 valence electrons. The van der Waals surface area contributed by atoms with Gasteiger partial charge in [0.25, 0.3) is 0 Å². The van der Waals surface area contributed by atoms with Gasteiger partial charge in [0.2, 0.25) is 5.13 Å². The van der Waals surface area contributed by atoms with Crippen molar-refractivity contribution < 1.29 is 0 Å². The summed E-state index contributed by atoms with van der Waals surface area (Å²) in [5, 5.41) is 5.37. The third-order valence-corrected chi connectivity index (χ3v) is 6.41.